The summed E-state index contributed by atoms with van der Waals surface area (Å²) in [7, 11) is 1.89. The SMILES string of the molecule is Cc1nn(C)c(C)c1CCC(=O)N1CC(O)C(O)C1. The van der Waals surface area contributed by atoms with Crippen molar-refractivity contribution in [1.82, 2.24) is 14.7 Å². The van der Waals surface area contributed by atoms with Crippen LogP contribution in [0, 0.1) is 13.8 Å². The lowest BCUT2D eigenvalue weighted by atomic mass is 10.1. The predicted molar refractivity (Wildman–Crippen MR) is 69.6 cm³/mol. The van der Waals surface area contributed by atoms with Gasteiger partial charge < -0.3 is 15.1 Å². The average molecular weight is 267 g/mol. The third-order valence-electron chi connectivity index (χ3n) is 3.86. The molecule has 1 fully saturated rings. The summed E-state index contributed by atoms with van der Waals surface area (Å²) in [6.07, 6.45) is -0.600. The van der Waals surface area contributed by atoms with Crippen LogP contribution >= 0.6 is 0 Å². The summed E-state index contributed by atoms with van der Waals surface area (Å²) >= 11 is 0. The van der Waals surface area contributed by atoms with Crippen molar-refractivity contribution in [3.05, 3.63) is 17.0 Å². The minimum absolute atomic E-state index is 0.0294. The smallest absolute Gasteiger partial charge is 0.223 e. The van der Waals surface area contributed by atoms with E-state index in [0.717, 1.165) is 17.0 Å². The average Bonchev–Trinajstić information content (AvgIpc) is 2.80. The molecule has 1 aliphatic rings. The van der Waals surface area contributed by atoms with Crippen molar-refractivity contribution in [3.8, 4) is 0 Å². The van der Waals surface area contributed by atoms with Gasteiger partial charge in [-0.15, -0.1) is 0 Å². The largest absolute Gasteiger partial charge is 0.388 e. The second-order valence-corrected chi connectivity index (χ2v) is 5.21. The van der Waals surface area contributed by atoms with Crippen molar-refractivity contribution in [2.24, 2.45) is 7.05 Å². The summed E-state index contributed by atoms with van der Waals surface area (Å²) in [6, 6.07) is 0. The number of carbonyl (C=O) groups excluding carboxylic acids is 1. The quantitative estimate of drug-likeness (QED) is 0.776. The van der Waals surface area contributed by atoms with Gasteiger partial charge in [-0.3, -0.25) is 9.48 Å². The number of hydrogen-bond donors (Lipinski definition) is 2. The van der Waals surface area contributed by atoms with Crippen LogP contribution in [0.4, 0.5) is 0 Å². The standard InChI is InChI=1S/C13H21N3O3/c1-8-10(9(2)15(3)14-8)4-5-13(19)16-6-11(17)12(18)7-16/h11-12,17-18H,4-7H2,1-3H3. The van der Waals surface area contributed by atoms with E-state index < -0.39 is 12.2 Å². The lowest BCUT2D eigenvalue weighted by molar-refractivity contribution is -0.130. The molecule has 0 saturated carbocycles. The molecule has 2 heterocycles. The number of aliphatic hydroxyl groups is 2. The maximum Gasteiger partial charge on any atom is 0.223 e. The molecular weight excluding hydrogens is 246 g/mol. The van der Waals surface area contributed by atoms with Gasteiger partial charge in [0.05, 0.1) is 17.9 Å². The van der Waals surface area contributed by atoms with Crippen molar-refractivity contribution >= 4 is 5.91 Å². The summed E-state index contributed by atoms with van der Waals surface area (Å²) in [5.41, 5.74) is 3.14. The van der Waals surface area contributed by atoms with E-state index >= 15 is 0 Å². The van der Waals surface area contributed by atoms with E-state index in [4.69, 9.17) is 0 Å². The summed E-state index contributed by atoms with van der Waals surface area (Å²) < 4.78 is 1.82. The van der Waals surface area contributed by atoms with Crippen molar-refractivity contribution in [2.45, 2.75) is 38.9 Å². The number of amides is 1. The fourth-order valence-corrected chi connectivity index (χ4v) is 2.54. The maximum absolute atomic E-state index is 12.0. The first-order chi connectivity index (χ1) is 8.90. The van der Waals surface area contributed by atoms with Gasteiger partial charge in [0.1, 0.15) is 0 Å². The van der Waals surface area contributed by atoms with Crippen molar-refractivity contribution in [1.29, 1.82) is 0 Å². The normalized spacial score (nSPS) is 23.1. The van der Waals surface area contributed by atoms with Crippen LogP contribution in [0.5, 0.6) is 0 Å². The van der Waals surface area contributed by atoms with E-state index in [9.17, 15) is 15.0 Å². The van der Waals surface area contributed by atoms with E-state index in [2.05, 4.69) is 5.10 Å². The fraction of sp³-hybridized carbons (Fsp3) is 0.692. The molecule has 0 radical (unpaired) electrons. The van der Waals surface area contributed by atoms with E-state index in [0.29, 0.717) is 12.8 Å². The highest BCUT2D eigenvalue weighted by Crippen LogP contribution is 2.16. The highest BCUT2D eigenvalue weighted by Gasteiger charge is 2.32. The molecule has 106 valence electrons. The third kappa shape index (κ3) is 2.79. The van der Waals surface area contributed by atoms with Gasteiger partial charge in [0.2, 0.25) is 5.91 Å². The van der Waals surface area contributed by atoms with Crippen LogP contribution in [-0.4, -0.2) is 56.1 Å². The number of aliphatic hydroxyl groups excluding tert-OH is 2. The Morgan fingerprint density at radius 1 is 1.32 bits per heavy atom. The number of β-amino-alcohol motifs (C(OH)–C–C–N with tert-alkyl or cyclic N) is 2. The van der Waals surface area contributed by atoms with Crippen LogP contribution in [0.15, 0.2) is 0 Å². The number of carbonyl (C=O) groups is 1. The fourth-order valence-electron chi connectivity index (χ4n) is 2.54. The number of nitrogens with zero attached hydrogens (tertiary/aromatic N) is 3. The van der Waals surface area contributed by atoms with Crippen LogP contribution < -0.4 is 0 Å². The molecule has 0 aromatic carbocycles. The Hall–Kier alpha value is -1.40. The lowest BCUT2D eigenvalue weighted by Crippen LogP contribution is -2.30. The molecule has 2 N–H and O–H groups in total. The molecule has 19 heavy (non-hydrogen) atoms. The van der Waals surface area contributed by atoms with Crippen LogP contribution in [0.25, 0.3) is 0 Å². The molecule has 2 unspecified atom stereocenters. The van der Waals surface area contributed by atoms with E-state index in [-0.39, 0.29) is 19.0 Å². The highest BCUT2D eigenvalue weighted by atomic mass is 16.3. The Morgan fingerprint density at radius 2 is 1.89 bits per heavy atom. The Kier molecular flexibility index (Phi) is 3.91. The first kappa shape index (κ1) is 14.0. The van der Waals surface area contributed by atoms with Gasteiger partial charge in [-0.2, -0.15) is 5.10 Å². The summed E-state index contributed by atoms with van der Waals surface area (Å²) in [6.45, 7) is 4.38. The predicted octanol–water partition coefficient (Wildman–Crippen LogP) is -0.466. The molecule has 2 rings (SSSR count). The zero-order valence-electron chi connectivity index (χ0n) is 11.6. The van der Waals surface area contributed by atoms with E-state index in [1.165, 1.54) is 4.90 Å². The van der Waals surface area contributed by atoms with Crippen molar-refractivity contribution in [2.75, 3.05) is 13.1 Å². The van der Waals surface area contributed by atoms with Crippen molar-refractivity contribution in [3.63, 3.8) is 0 Å². The van der Waals surface area contributed by atoms with Gasteiger partial charge in [0.25, 0.3) is 0 Å². The third-order valence-corrected chi connectivity index (χ3v) is 3.86. The van der Waals surface area contributed by atoms with Crippen LogP contribution in [0.1, 0.15) is 23.4 Å². The first-order valence-corrected chi connectivity index (χ1v) is 6.53. The molecule has 1 aliphatic heterocycles. The van der Waals surface area contributed by atoms with Crippen LogP contribution in [0.3, 0.4) is 0 Å². The molecule has 2 atom stereocenters. The zero-order valence-corrected chi connectivity index (χ0v) is 11.6. The Bertz CT molecular complexity index is 474. The molecule has 1 amide bonds. The Labute approximate surface area is 112 Å². The monoisotopic (exact) mass is 267 g/mol. The molecule has 1 aromatic rings. The summed E-state index contributed by atoms with van der Waals surface area (Å²) in [5.74, 6) is -0.0294. The molecule has 0 spiro atoms. The van der Waals surface area contributed by atoms with Crippen LogP contribution in [0.2, 0.25) is 0 Å². The van der Waals surface area contributed by atoms with Gasteiger partial charge in [-0.1, -0.05) is 0 Å². The zero-order chi connectivity index (χ0) is 14.2. The van der Waals surface area contributed by atoms with Gasteiger partial charge in [-0.05, 0) is 25.8 Å². The minimum Gasteiger partial charge on any atom is -0.388 e. The molecule has 0 aliphatic carbocycles. The number of likely N-dealkylation sites (tertiary alicyclic amines) is 1. The van der Waals surface area contributed by atoms with E-state index in [1.54, 1.807) is 0 Å². The van der Waals surface area contributed by atoms with Gasteiger partial charge in [0.15, 0.2) is 0 Å². The summed E-state index contributed by atoms with van der Waals surface area (Å²) in [4.78, 5) is 13.5. The second kappa shape index (κ2) is 5.30. The molecule has 1 saturated heterocycles. The topological polar surface area (TPSA) is 78.6 Å². The summed E-state index contributed by atoms with van der Waals surface area (Å²) in [5, 5.41) is 23.2. The molecular formula is C13H21N3O3. The van der Waals surface area contributed by atoms with Gasteiger partial charge in [0, 0.05) is 32.3 Å². The van der Waals surface area contributed by atoms with Gasteiger partial charge >= 0.3 is 0 Å². The van der Waals surface area contributed by atoms with Gasteiger partial charge in [-0.25, -0.2) is 0 Å². The first-order valence-electron chi connectivity index (χ1n) is 6.53. The molecule has 0 bridgehead atoms. The second-order valence-electron chi connectivity index (χ2n) is 5.21. The lowest BCUT2D eigenvalue weighted by Gasteiger charge is -2.15. The molecule has 6 heteroatoms. The molecule has 1 aromatic heterocycles. The Balaban J connectivity index is 1.94. The number of aryl methyl sites for hydroxylation is 2. The number of aromatic nitrogens is 2. The molecule has 6 nitrogen and oxygen atoms in total. The van der Waals surface area contributed by atoms with Crippen molar-refractivity contribution < 1.29 is 15.0 Å². The highest BCUT2D eigenvalue weighted by molar-refractivity contribution is 5.77. The minimum atomic E-state index is -0.814. The number of hydrogen-bond acceptors (Lipinski definition) is 4. The maximum atomic E-state index is 12.0. The van der Waals surface area contributed by atoms with E-state index in [1.807, 2.05) is 25.6 Å². The number of rotatable bonds is 3. The van der Waals surface area contributed by atoms with Crippen LogP contribution in [-0.2, 0) is 18.3 Å². The Morgan fingerprint density at radius 3 is 2.37 bits per heavy atom.